The van der Waals surface area contributed by atoms with E-state index in [1.54, 1.807) is 28.1 Å². The van der Waals surface area contributed by atoms with Crippen LogP contribution in [0, 0.1) is 0 Å². The summed E-state index contributed by atoms with van der Waals surface area (Å²) in [7, 11) is 0. The first-order valence-electron chi connectivity index (χ1n) is 6.55. The Morgan fingerprint density at radius 3 is 2.45 bits per heavy atom. The molecule has 0 bridgehead atoms. The Morgan fingerprint density at radius 1 is 1.25 bits per heavy atom. The van der Waals surface area contributed by atoms with E-state index >= 15 is 0 Å². The van der Waals surface area contributed by atoms with E-state index in [0.717, 1.165) is 0 Å². The van der Waals surface area contributed by atoms with E-state index in [1.807, 2.05) is 6.92 Å². The summed E-state index contributed by atoms with van der Waals surface area (Å²) in [4.78, 5) is 31.5. The van der Waals surface area contributed by atoms with Crippen molar-refractivity contribution in [3.05, 3.63) is 28.5 Å². The van der Waals surface area contributed by atoms with Crippen LogP contribution >= 0.6 is 15.9 Å². The minimum Gasteiger partial charge on any atom is -0.338 e. The van der Waals surface area contributed by atoms with Crippen molar-refractivity contribution in [3.8, 4) is 0 Å². The van der Waals surface area contributed by atoms with Gasteiger partial charge in [0.15, 0.2) is 0 Å². The van der Waals surface area contributed by atoms with Crippen LogP contribution in [-0.2, 0) is 0 Å². The molecule has 0 atom stereocenters. The Morgan fingerprint density at radius 2 is 1.90 bits per heavy atom. The third kappa shape index (κ3) is 3.47. The van der Waals surface area contributed by atoms with Crippen molar-refractivity contribution >= 4 is 27.9 Å². The second kappa shape index (κ2) is 6.69. The maximum Gasteiger partial charge on any atom is 0.317 e. The van der Waals surface area contributed by atoms with E-state index in [0.29, 0.717) is 42.9 Å². The van der Waals surface area contributed by atoms with Crippen LogP contribution in [0.15, 0.2) is 22.9 Å². The van der Waals surface area contributed by atoms with Crippen LogP contribution in [0.5, 0.6) is 0 Å². The molecule has 108 valence electrons. The molecule has 1 fully saturated rings. The number of nitrogens with zero attached hydrogens (tertiary/aromatic N) is 3. The first-order valence-corrected chi connectivity index (χ1v) is 7.34. The number of hydrogen-bond acceptors (Lipinski definition) is 3. The summed E-state index contributed by atoms with van der Waals surface area (Å²) >= 11 is 3.24. The van der Waals surface area contributed by atoms with Crippen LogP contribution < -0.4 is 5.32 Å². The normalized spacial score (nSPS) is 15.1. The minimum atomic E-state index is -0.0649. The Balaban J connectivity index is 1.92. The molecule has 1 aromatic heterocycles. The van der Waals surface area contributed by atoms with Crippen LogP contribution in [0.4, 0.5) is 4.79 Å². The van der Waals surface area contributed by atoms with Gasteiger partial charge >= 0.3 is 6.03 Å². The maximum atomic E-state index is 12.3. The van der Waals surface area contributed by atoms with Crippen LogP contribution in [0.2, 0.25) is 0 Å². The first-order chi connectivity index (χ1) is 9.61. The average Bonchev–Trinajstić information content (AvgIpc) is 2.48. The SMILES string of the molecule is CCNC(=O)N1CCN(C(=O)c2ccc(Br)nc2)CC1. The van der Waals surface area contributed by atoms with E-state index in [2.05, 4.69) is 26.2 Å². The minimum absolute atomic E-state index is 0.0412. The smallest absolute Gasteiger partial charge is 0.317 e. The van der Waals surface area contributed by atoms with Gasteiger partial charge in [-0.3, -0.25) is 4.79 Å². The molecule has 1 N–H and O–H groups in total. The van der Waals surface area contributed by atoms with Crippen LogP contribution in [-0.4, -0.2) is 59.4 Å². The second-order valence-electron chi connectivity index (χ2n) is 4.48. The number of carbonyl (C=O) groups is 2. The molecular formula is C13H17BrN4O2. The predicted molar refractivity (Wildman–Crippen MR) is 78.5 cm³/mol. The highest BCUT2D eigenvalue weighted by molar-refractivity contribution is 9.10. The molecular weight excluding hydrogens is 324 g/mol. The molecule has 1 aliphatic heterocycles. The molecule has 3 amide bonds. The molecule has 6 nitrogen and oxygen atoms in total. The molecule has 0 spiro atoms. The van der Waals surface area contributed by atoms with Gasteiger partial charge < -0.3 is 15.1 Å². The number of nitrogens with one attached hydrogen (secondary N) is 1. The van der Waals surface area contributed by atoms with E-state index in [1.165, 1.54) is 0 Å². The summed E-state index contributed by atoms with van der Waals surface area (Å²) in [6.07, 6.45) is 1.56. The lowest BCUT2D eigenvalue weighted by atomic mass is 10.2. The van der Waals surface area contributed by atoms with Crippen LogP contribution in [0.3, 0.4) is 0 Å². The highest BCUT2D eigenvalue weighted by Crippen LogP contribution is 2.11. The maximum absolute atomic E-state index is 12.3. The zero-order valence-corrected chi connectivity index (χ0v) is 12.9. The number of carbonyl (C=O) groups excluding carboxylic acids is 2. The molecule has 1 saturated heterocycles. The fourth-order valence-corrected chi connectivity index (χ4v) is 2.30. The summed E-state index contributed by atoms with van der Waals surface area (Å²) < 4.78 is 0.704. The van der Waals surface area contributed by atoms with Crippen molar-refractivity contribution in [3.63, 3.8) is 0 Å². The van der Waals surface area contributed by atoms with Crippen LogP contribution in [0.1, 0.15) is 17.3 Å². The Labute approximate surface area is 126 Å². The number of rotatable bonds is 2. The summed E-state index contributed by atoms with van der Waals surface area (Å²) in [5, 5.41) is 2.77. The molecule has 0 aliphatic carbocycles. The van der Waals surface area contributed by atoms with E-state index < -0.39 is 0 Å². The lowest BCUT2D eigenvalue weighted by Gasteiger charge is -2.34. The highest BCUT2D eigenvalue weighted by Gasteiger charge is 2.24. The molecule has 20 heavy (non-hydrogen) atoms. The highest BCUT2D eigenvalue weighted by atomic mass is 79.9. The number of halogens is 1. The largest absolute Gasteiger partial charge is 0.338 e. The third-order valence-corrected chi connectivity index (χ3v) is 3.63. The number of urea groups is 1. The van der Waals surface area contributed by atoms with E-state index in [-0.39, 0.29) is 11.9 Å². The standard InChI is InChI=1S/C13H17BrN4O2/c1-2-15-13(20)18-7-5-17(6-8-18)12(19)10-3-4-11(14)16-9-10/h3-4,9H,2,5-8H2,1H3,(H,15,20). The van der Waals surface area contributed by atoms with Crippen molar-refractivity contribution in [1.29, 1.82) is 0 Å². The molecule has 1 aromatic rings. The quantitative estimate of drug-likeness (QED) is 0.826. The molecule has 7 heteroatoms. The zero-order chi connectivity index (χ0) is 14.5. The fraction of sp³-hybridized carbons (Fsp3) is 0.462. The van der Waals surface area contributed by atoms with Crippen LogP contribution in [0.25, 0.3) is 0 Å². The van der Waals surface area contributed by atoms with Crippen molar-refractivity contribution < 1.29 is 9.59 Å². The molecule has 0 aromatic carbocycles. The van der Waals surface area contributed by atoms with E-state index in [9.17, 15) is 9.59 Å². The third-order valence-electron chi connectivity index (χ3n) is 3.16. The topological polar surface area (TPSA) is 65.5 Å². The van der Waals surface area contributed by atoms with Gasteiger partial charge in [0.1, 0.15) is 4.60 Å². The van der Waals surface area contributed by atoms with Gasteiger partial charge in [-0.1, -0.05) is 0 Å². The van der Waals surface area contributed by atoms with Crippen molar-refractivity contribution in [2.24, 2.45) is 0 Å². The molecule has 0 radical (unpaired) electrons. The number of pyridine rings is 1. The number of hydrogen-bond donors (Lipinski definition) is 1. The summed E-state index contributed by atoms with van der Waals surface area (Å²) in [6, 6.07) is 3.43. The van der Waals surface area contributed by atoms with Gasteiger partial charge in [-0.25, -0.2) is 9.78 Å². The first kappa shape index (κ1) is 14.8. The molecule has 2 heterocycles. The van der Waals surface area contributed by atoms with Crippen molar-refractivity contribution in [1.82, 2.24) is 20.1 Å². The molecule has 1 aliphatic rings. The fourth-order valence-electron chi connectivity index (χ4n) is 2.06. The Bertz CT molecular complexity index is 484. The monoisotopic (exact) mass is 340 g/mol. The number of amides is 3. The predicted octanol–water partition coefficient (Wildman–Crippen LogP) is 1.33. The lowest BCUT2D eigenvalue weighted by molar-refractivity contribution is 0.0665. The Kier molecular flexibility index (Phi) is 4.94. The second-order valence-corrected chi connectivity index (χ2v) is 5.30. The van der Waals surface area contributed by atoms with Gasteiger partial charge in [0.25, 0.3) is 5.91 Å². The van der Waals surface area contributed by atoms with E-state index in [4.69, 9.17) is 0 Å². The van der Waals surface area contributed by atoms with Crippen molar-refractivity contribution in [2.45, 2.75) is 6.92 Å². The summed E-state index contributed by atoms with van der Waals surface area (Å²) in [5.74, 6) is -0.0412. The summed E-state index contributed by atoms with van der Waals surface area (Å²) in [5.41, 5.74) is 0.569. The van der Waals surface area contributed by atoms with Gasteiger partial charge in [-0.15, -0.1) is 0 Å². The van der Waals surface area contributed by atoms with Gasteiger partial charge in [0.05, 0.1) is 5.56 Å². The number of aromatic nitrogens is 1. The van der Waals surface area contributed by atoms with Gasteiger partial charge in [-0.2, -0.15) is 0 Å². The van der Waals surface area contributed by atoms with Gasteiger partial charge in [0, 0.05) is 38.9 Å². The van der Waals surface area contributed by atoms with Gasteiger partial charge in [0.2, 0.25) is 0 Å². The molecule has 0 unspecified atom stereocenters. The van der Waals surface area contributed by atoms with Gasteiger partial charge in [-0.05, 0) is 35.0 Å². The Hall–Kier alpha value is -1.63. The molecule has 2 rings (SSSR count). The van der Waals surface area contributed by atoms with Crippen molar-refractivity contribution in [2.75, 3.05) is 32.7 Å². The summed E-state index contributed by atoms with van der Waals surface area (Å²) in [6.45, 7) is 4.71. The lowest BCUT2D eigenvalue weighted by Crippen LogP contribution is -2.53. The number of piperazine rings is 1. The average molecular weight is 341 g/mol. The zero-order valence-electron chi connectivity index (χ0n) is 11.3. The molecule has 0 saturated carbocycles.